The van der Waals surface area contributed by atoms with Gasteiger partial charge in [-0.2, -0.15) is 5.26 Å². The van der Waals surface area contributed by atoms with Gasteiger partial charge < -0.3 is 10.7 Å². The van der Waals surface area contributed by atoms with Gasteiger partial charge in [0.15, 0.2) is 9.84 Å². The Kier molecular flexibility index (Phi) is 6.39. The van der Waals surface area contributed by atoms with Crippen molar-refractivity contribution < 1.29 is 12.8 Å². The zero-order valence-corrected chi connectivity index (χ0v) is 19.5. The van der Waals surface area contributed by atoms with Crippen molar-refractivity contribution in [1.29, 1.82) is 10.7 Å². The van der Waals surface area contributed by atoms with Gasteiger partial charge in [0, 0.05) is 35.7 Å². The predicted molar refractivity (Wildman–Crippen MR) is 128 cm³/mol. The maximum Gasteiger partial charge on any atom is 0.176 e. The number of sulfone groups is 1. The summed E-state index contributed by atoms with van der Waals surface area (Å²) in [6, 6.07) is 11.2. The fraction of sp³-hybridized carbons (Fsp3) is 0.292. The summed E-state index contributed by atoms with van der Waals surface area (Å²) in [5, 5.41) is 21.1. The third-order valence-corrected chi connectivity index (χ3v) is 6.83. The lowest BCUT2D eigenvalue weighted by atomic mass is 9.97. The third kappa shape index (κ3) is 4.65. The molecule has 1 aliphatic rings. The summed E-state index contributed by atoms with van der Waals surface area (Å²) < 4.78 is 38.9. The quantitative estimate of drug-likeness (QED) is 0.585. The van der Waals surface area contributed by atoms with Crippen molar-refractivity contribution >= 4 is 32.4 Å². The van der Waals surface area contributed by atoms with E-state index in [1.807, 2.05) is 6.92 Å². The minimum Gasteiger partial charge on any atom is -0.366 e. The number of aromatic nitrogens is 2. The Balaban J connectivity index is 1.89. The van der Waals surface area contributed by atoms with Gasteiger partial charge in [-0.05, 0) is 31.9 Å². The standard InChI is InChI=1S/C24H23FN6O2S/c1-14(30-24-18(12-26)19(27)7-5-9-28-24)17-11-20-21(10-15(25)13-29-20)31-23(17)16-6-3-4-8-22(16)34(2,32)33/h3-4,6,8,10-11,13-14,18,27H,5,7,9H2,1-2H3,(H,28,30). The van der Waals surface area contributed by atoms with Gasteiger partial charge in [-0.15, -0.1) is 0 Å². The molecule has 0 amide bonds. The number of nitrogens with zero attached hydrogens (tertiary/aromatic N) is 4. The highest BCUT2D eigenvalue weighted by molar-refractivity contribution is 7.90. The normalized spacial score (nSPS) is 17.5. The summed E-state index contributed by atoms with van der Waals surface area (Å²) in [5.41, 5.74) is 2.38. The Morgan fingerprint density at radius 3 is 2.76 bits per heavy atom. The van der Waals surface area contributed by atoms with Crippen LogP contribution in [0.2, 0.25) is 0 Å². The first-order chi connectivity index (χ1) is 16.2. The van der Waals surface area contributed by atoms with Crippen LogP contribution in [0.1, 0.15) is 31.4 Å². The minimum absolute atomic E-state index is 0.100. The highest BCUT2D eigenvalue weighted by Gasteiger charge is 2.27. The van der Waals surface area contributed by atoms with Crippen LogP contribution >= 0.6 is 0 Å². The van der Waals surface area contributed by atoms with Gasteiger partial charge >= 0.3 is 0 Å². The molecule has 1 aromatic carbocycles. The molecule has 10 heteroatoms. The number of hydrogen-bond acceptors (Lipinski definition) is 8. The highest BCUT2D eigenvalue weighted by atomic mass is 32.2. The second-order valence-electron chi connectivity index (χ2n) is 8.21. The van der Waals surface area contributed by atoms with Crippen molar-refractivity contribution in [2.45, 2.75) is 30.7 Å². The van der Waals surface area contributed by atoms with Crippen LogP contribution in [-0.2, 0) is 9.84 Å². The fourth-order valence-electron chi connectivity index (χ4n) is 4.01. The fourth-order valence-corrected chi connectivity index (χ4v) is 4.90. The van der Waals surface area contributed by atoms with Crippen LogP contribution in [0.15, 0.2) is 52.5 Å². The number of amidine groups is 1. The molecule has 2 aromatic heterocycles. The van der Waals surface area contributed by atoms with Crippen LogP contribution in [0.25, 0.3) is 22.3 Å². The van der Waals surface area contributed by atoms with Crippen molar-refractivity contribution in [3.63, 3.8) is 0 Å². The molecule has 34 heavy (non-hydrogen) atoms. The number of pyridine rings is 2. The number of hydrogen-bond donors (Lipinski definition) is 2. The van der Waals surface area contributed by atoms with Crippen molar-refractivity contribution in [2.24, 2.45) is 10.9 Å². The van der Waals surface area contributed by atoms with Crippen LogP contribution in [-0.4, -0.2) is 42.7 Å². The lowest BCUT2D eigenvalue weighted by Crippen LogP contribution is -2.35. The summed E-state index contributed by atoms with van der Waals surface area (Å²) in [6.45, 7) is 2.33. The molecule has 0 radical (unpaired) electrons. The number of benzene rings is 1. The number of fused-ring (bicyclic) bond motifs is 1. The van der Waals surface area contributed by atoms with E-state index in [-0.39, 0.29) is 10.4 Å². The molecule has 174 valence electrons. The summed E-state index contributed by atoms with van der Waals surface area (Å²) >= 11 is 0. The van der Waals surface area contributed by atoms with Crippen molar-refractivity contribution in [1.82, 2.24) is 15.3 Å². The van der Waals surface area contributed by atoms with Gasteiger partial charge in [-0.3, -0.25) is 9.98 Å². The van der Waals surface area contributed by atoms with E-state index in [4.69, 9.17) is 5.41 Å². The Morgan fingerprint density at radius 2 is 2.03 bits per heavy atom. The van der Waals surface area contributed by atoms with Crippen LogP contribution < -0.4 is 5.32 Å². The number of nitrogens with one attached hydrogen (secondary N) is 2. The van der Waals surface area contributed by atoms with E-state index < -0.39 is 27.6 Å². The molecule has 2 atom stereocenters. The van der Waals surface area contributed by atoms with Gasteiger partial charge in [0.05, 0.1) is 39.9 Å². The summed E-state index contributed by atoms with van der Waals surface area (Å²) in [6.07, 6.45) is 3.41. The van der Waals surface area contributed by atoms with E-state index in [1.165, 1.54) is 12.1 Å². The van der Waals surface area contributed by atoms with E-state index >= 15 is 0 Å². The van der Waals surface area contributed by atoms with Crippen molar-refractivity contribution in [3.05, 3.63) is 54.0 Å². The van der Waals surface area contributed by atoms with Gasteiger partial charge in [-0.1, -0.05) is 18.2 Å². The smallest absolute Gasteiger partial charge is 0.176 e. The van der Waals surface area contributed by atoms with Gasteiger partial charge in [0.1, 0.15) is 17.6 Å². The molecule has 3 aromatic rings. The molecule has 3 heterocycles. The number of rotatable bonds is 4. The Hall–Kier alpha value is -3.71. The molecule has 2 N–H and O–H groups in total. The van der Waals surface area contributed by atoms with Crippen LogP contribution in [0.3, 0.4) is 0 Å². The number of aliphatic imine (C=N–C) groups is 1. The van der Waals surface area contributed by atoms with Crippen molar-refractivity contribution in [3.8, 4) is 17.3 Å². The Morgan fingerprint density at radius 1 is 1.26 bits per heavy atom. The van der Waals surface area contributed by atoms with Gasteiger partial charge in [0.2, 0.25) is 0 Å². The zero-order valence-electron chi connectivity index (χ0n) is 18.7. The first kappa shape index (κ1) is 23.4. The predicted octanol–water partition coefficient (Wildman–Crippen LogP) is 3.84. The molecule has 1 aliphatic heterocycles. The molecule has 8 nitrogen and oxygen atoms in total. The van der Waals surface area contributed by atoms with Crippen LogP contribution in [0.4, 0.5) is 4.39 Å². The minimum atomic E-state index is -3.58. The average Bonchev–Trinajstić information content (AvgIpc) is 2.97. The Labute approximate surface area is 197 Å². The summed E-state index contributed by atoms with van der Waals surface area (Å²) in [4.78, 5) is 13.3. The second-order valence-corrected chi connectivity index (χ2v) is 10.2. The van der Waals surface area contributed by atoms with E-state index in [9.17, 15) is 18.1 Å². The van der Waals surface area contributed by atoms with Crippen LogP contribution in [0.5, 0.6) is 0 Å². The van der Waals surface area contributed by atoms with E-state index in [0.717, 1.165) is 12.5 Å². The number of nitriles is 1. The van der Waals surface area contributed by atoms with Crippen molar-refractivity contribution in [2.75, 3.05) is 12.8 Å². The van der Waals surface area contributed by atoms with Gasteiger partial charge in [-0.25, -0.2) is 17.8 Å². The highest BCUT2D eigenvalue weighted by Crippen LogP contribution is 2.34. The number of halogens is 1. The lowest BCUT2D eigenvalue weighted by Gasteiger charge is -2.22. The average molecular weight is 479 g/mol. The molecular formula is C24H23FN6O2S. The van der Waals surface area contributed by atoms with E-state index in [1.54, 1.807) is 24.3 Å². The molecule has 0 aliphatic carbocycles. The SMILES string of the molecule is CC(NC1=NCCCC(=N)C1C#N)c1cc2ncc(F)cc2nc1-c1ccccc1S(C)(=O)=O. The molecular weight excluding hydrogens is 455 g/mol. The molecule has 0 spiro atoms. The molecule has 2 unspecified atom stereocenters. The summed E-state index contributed by atoms with van der Waals surface area (Å²) in [5.74, 6) is -0.936. The molecule has 0 saturated heterocycles. The second kappa shape index (κ2) is 9.27. The molecule has 4 rings (SSSR count). The largest absolute Gasteiger partial charge is 0.366 e. The monoisotopic (exact) mass is 478 g/mol. The topological polar surface area (TPSA) is 132 Å². The lowest BCUT2D eigenvalue weighted by molar-refractivity contribution is 0.602. The Bertz CT molecular complexity index is 1460. The molecule has 0 fully saturated rings. The maximum absolute atomic E-state index is 13.9. The third-order valence-electron chi connectivity index (χ3n) is 5.67. The summed E-state index contributed by atoms with van der Waals surface area (Å²) in [7, 11) is -3.58. The van der Waals surface area contributed by atoms with Crippen LogP contribution in [0, 0.1) is 28.5 Å². The first-order valence-corrected chi connectivity index (χ1v) is 12.6. The maximum atomic E-state index is 13.9. The van der Waals surface area contributed by atoms with E-state index in [0.29, 0.717) is 53.3 Å². The molecule has 0 saturated carbocycles. The van der Waals surface area contributed by atoms with Gasteiger partial charge in [0.25, 0.3) is 0 Å². The zero-order chi connectivity index (χ0) is 24.5. The first-order valence-electron chi connectivity index (χ1n) is 10.7. The van der Waals surface area contributed by atoms with E-state index in [2.05, 4.69) is 26.3 Å². The molecule has 0 bridgehead atoms.